The number of hydrogen-bond donors (Lipinski definition) is 3. The van der Waals surface area contributed by atoms with Crippen molar-refractivity contribution in [2.24, 2.45) is 0 Å². The molecule has 3 N–H and O–H groups in total. The first-order valence-electron chi connectivity index (χ1n) is 42.4. The SMILES string of the molecule is CCCCC/C=C\C/C=C\CCCCCCCCCC(=O)OCCCCCCCCCCCCCCCCCC/C=C\CCCCCCCCCCCCCCCCCCCC(=O)NC(CO)C(O)/C=C/CCCCCCCCCCCCCCCCCCCCCC. The number of unbranched alkanes of at least 4 members (excludes halogenated alkanes) is 63. The smallest absolute Gasteiger partial charge is 0.305 e. The quantitative estimate of drug-likeness (QED) is 0.0320. The van der Waals surface area contributed by atoms with Crippen LogP contribution < -0.4 is 5.32 Å². The molecule has 93 heavy (non-hydrogen) atoms. The fourth-order valence-electron chi connectivity index (χ4n) is 13.4. The highest BCUT2D eigenvalue weighted by Gasteiger charge is 2.18. The third-order valence-electron chi connectivity index (χ3n) is 19.8. The first-order valence-corrected chi connectivity index (χ1v) is 42.4. The molecule has 548 valence electrons. The molecular weight excluding hydrogens is 1140 g/mol. The van der Waals surface area contributed by atoms with E-state index >= 15 is 0 Å². The molecule has 2 atom stereocenters. The zero-order valence-electron chi connectivity index (χ0n) is 63.0. The fourth-order valence-corrected chi connectivity index (χ4v) is 13.4. The second kappa shape index (κ2) is 82.2. The van der Waals surface area contributed by atoms with E-state index in [2.05, 4.69) is 55.6 Å². The summed E-state index contributed by atoms with van der Waals surface area (Å²) < 4.78 is 5.51. The summed E-state index contributed by atoms with van der Waals surface area (Å²) in [5, 5.41) is 23.3. The van der Waals surface area contributed by atoms with Gasteiger partial charge in [0.05, 0.1) is 25.4 Å². The van der Waals surface area contributed by atoms with Gasteiger partial charge < -0.3 is 20.3 Å². The Bertz CT molecular complexity index is 1550. The van der Waals surface area contributed by atoms with Gasteiger partial charge in [-0.25, -0.2) is 0 Å². The number of allylic oxidation sites excluding steroid dienone is 7. The molecule has 0 fully saturated rings. The van der Waals surface area contributed by atoms with E-state index in [1.165, 1.54) is 392 Å². The van der Waals surface area contributed by atoms with Crippen LogP contribution in [0.25, 0.3) is 0 Å². The van der Waals surface area contributed by atoms with E-state index in [1.807, 2.05) is 6.08 Å². The lowest BCUT2D eigenvalue weighted by molar-refractivity contribution is -0.143. The normalized spacial score (nSPS) is 12.7. The van der Waals surface area contributed by atoms with Crippen molar-refractivity contribution >= 4 is 11.9 Å². The van der Waals surface area contributed by atoms with Crippen LogP contribution in [0.15, 0.2) is 48.6 Å². The van der Waals surface area contributed by atoms with E-state index in [0.717, 1.165) is 51.4 Å². The van der Waals surface area contributed by atoms with Crippen molar-refractivity contribution in [2.45, 2.75) is 482 Å². The lowest BCUT2D eigenvalue weighted by Gasteiger charge is -2.20. The van der Waals surface area contributed by atoms with Crippen LogP contribution >= 0.6 is 0 Å². The van der Waals surface area contributed by atoms with Gasteiger partial charge >= 0.3 is 5.97 Å². The first-order chi connectivity index (χ1) is 46.0. The summed E-state index contributed by atoms with van der Waals surface area (Å²) in [5.74, 6) is -0.0452. The number of nitrogens with one attached hydrogen (secondary N) is 1. The monoisotopic (exact) mass is 1300 g/mol. The van der Waals surface area contributed by atoms with Crippen LogP contribution in [0.3, 0.4) is 0 Å². The Morgan fingerprint density at radius 2 is 0.538 bits per heavy atom. The lowest BCUT2D eigenvalue weighted by atomic mass is 10.0. The highest BCUT2D eigenvalue weighted by Crippen LogP contribution is 2.20. The van der Waals surface area contributed by atoms with Crippen molar-refractivity contribution in [1.29, 1.82) is 0 Å². The number of aliphatic hydroxyl groups excluding tert-OH is 2. The van der Waals surface area contributed by atoms with Gasteiger partial charge in [-0.15, -0.1) is 0 Å². The van der Waals surface area contributed by atoms with Crippen LogP contribution in [-0.4, -0.2) is 47.4 Å². The van der Waals surface area contributed by atoms with Crippen molar-refractivity contribution < 1.29 is 24.5 Å². The highest BCUT2D eigenvalue weighted by atomic mass is 16.5. The Kier molecular flexibility index (Phi) is 80.3. The van der Waals surface area contributed by atoms with Gasteiger partial charge in [0, 0.05) is 12.8 Å². The molecule has 0 aliphatic rings. The van der Waals surface area contributed by atoms with Crippen LogP contribution in [-0.2, 0) is 14.3 Å². The molecule has 0 bridgehead atoms. The molecule has 2 unspecified atom stereocenters. The Labute approximate surface area is 582 Å². The van der Waals surface area contributed by atoms with E-state index in [-0.39, 0.29) is 18.5 Å². The minimum absolute atomic E-state index is 0.0141. The highest BCUT2D eigenvalue weighted by molar-refractivity contribution is 5.76. The average Bonchev–Trinajstić information content (AvgIpc) is 3.78. The Morgan fingerprint density at radius 3 is 0.849 bits per heavy atom. The van der Waals surface area contributed by atoms with Crippen LogP contribution in [0.1, 0.15) is 470 Å². The van der Waals surface area contributed by atoms with Crippen molar-refractivity contribution in [3.05, 3.63) is 48.6 Å². The Morgan fingerprint density at radius 1 is 0.301 bits per heavy atom. The minimum atomic E-state index is -0.843. The number of carbonyl (C=O) groups is 2. The molecule has 0 radical (unpaired) electrons. The topological polar surface area (TPSA) is 95.9 Å². The third-order valence-corrected chi connectivity index (χ3v) is 19.8. The van der Waals surface area contributed by atoms with Crippen molar-refractivity contribution in [3.63, 3.8) is 0 Å². The molecule has 1 amide bonds. The number of amides is 1. The number of esters is 1. The zero-order valence-corrected chi connectivity index (χ0v) is 63.0. The van der Waals surface area contributed by atoms with E-state index in [4.69, 9.17) is 4.74 Å². The van der Waals surface area contributed by atoms with E-state index in [1.54, 1.807) is 6.08 Å². The molecule has 0 heterocycles. The summed E-state index contributed by atoms with van der Waals surface area (Å²) in [6.07, 6.45) is 110. The molecule has 0 aromatic heterocycles. The average molecular weight is 1310 g/mol. The number of rotatable bonds is 80. The van der Waals surface area contributed by atoms with Crippen molar-refractivity contribution in [1.82, 2.24) is 5.32 Å². The van der Waals surface area contributed by atoms with Gasteiger partial charge in [0.25, 0.3) is 0 Å². The molecule has 6 heteroatoms. The van der Waals surface area contributed by atoms with Crippen LogP contribution in [0.5, 0.6) is 0 Å². The number of hydrogen-bond acceptors (Lipinski definition) is 5. The minimum Gasteiger partial charge on any atom is -0.466 e. The standard InChI is InChI=1S/C87H165NO5/c1-3-5-7-9-11-13-15-17-19-21-22-23-41-44-48-51-55-59-63-67-71-75-79-85(90)84(83-89)88-86(91)80-76-72-68-64-60-56-52-49-45-42-39-37-35-33-31-29-27-25-24-26-28-30-32-34-36-38-40-43-46-50-54-58-62-66-70-74-78-82-93-87(92)81-77-73-69-65-61-57-53-47-20-18-16-14-12-10-8-6-4-2/h12,14,18,20,24,26,75,79,84-85,89-90H,3-11,13,15-17,19,21-23,25,27-74,76-78,80-83H2,1-2H3,(H,88,91)/b14-12-,20-18-,26-24-,79-75+. The lowest BCUT2D eigenvalue weighted by Crippen LogP contribution is -2.45. The molecule has 0 saturated heterocycles. The van der Waals surface area contributed by atoms with E-state index in [9.17, 15) is 19.8 Å². The molecule has 0 saturated carbocycles. The second-order valence-corrected chi connectivity index (χ2v) is 29.2. The number of aliphatic hydroxyl groups is 2. The second-order valence-electron chi connectivity index (χ2n) is 29.2. The zero-order chi connectivity index (χ0) is 67.0. The molecule has 0 aliphatic heterocycles. The van der Waals surface area contributed by atoms with Gasteiger partial charge in [-0.2, -0.15) is 0 Å². The Hall–Kier alpha value is -2.18. The first kappa shape index (κ1) is 90.8. The van der Waals surface area contributed by atoms with E-state index in [0.29, 0.717) is 19.4 Å². The van der Waals surface area contributed by atoms with Gasteiger partial charge in [0.1, 0.15) is 0 Å². The molecule has 0 aromatic rings. The van der Waals surface area contributed by atoms with E-state index < -0.39 is 12.1 Å². The molecule has 0 aliphatic carbocycles. The van der Waals surface area contributed by atoms with Crippen LogP contribution in [0, 0.1) is 0 Å². The summed E-state index contributed by atoms with van der Waals surface area (Å²) >= 11 is 0. The Balaban J connectivity index is 3.35. The third kappa shape index (κ3) is 78.7. The molecule has 6 nitrogen and oxygen atoms in total. The number of ether oxygens (including phenoxy) is 1. The fraction of sp³-hybridized carbons (Fsp3) is 0.885. The van der Waals surface area contributed by atoms with Gasteiger partial charge in [0.2, 0.25) is 5.91 Å². The maximum atomic E-state index is 12.6. The largest absolute Gasteiger partial charge is 0.466 e. The summed E-state index contributed by atoms with van der Waals surface area (Å²) in [4.78, 5) is 24.7. The molecule has 0 aromatic carbocycles. The molecule has 0 rings (SSSR count). The predicted octanol–water partition coefficient (Wildman–Crippen LogP) is 28.3. The summed E-state index contributed by atoms with van der Waals surface area (Å²) in [7, 11) is 0. The van der Waals surface area contributed by atoms with Crippen LogP contribution in [0.4, 0.5) is 0 Å². The van der Waals surface area contributed by atoms with Gasteiger partial charge in [-0.3, -0.25) is 9.59 Å². The van der Waals surface area contributed by atoms with Gasteiger partial charge in [-0.1, -0.05) is 416 Å². The maximum Gasteiger partial charge on any atom is 0.305 e. The van der Waals surface area contributed by atoms with Crippen molar-refractivity contribution in [2.75, 3.05) is 13.2 Å². The number of carbonyl (C=O) groups excluding carboxylic acids is 2. The molecular formula is C87H165NO5. The van der Waals surface area contributed by atoms with Gasteiger partial charge in [0.15, 0.2) is 0 Å². The molecule has 0 spiro atoms. The van der Waals surface area contributed by atoms with Crippen LogP contribution in [0.2, 0.25) is 0 Å². The summed E-state index contributed by atoms with van der Waals surface area (Å²) in [6, 6.07) is -0.627. The summed E-state index contributed by atoms with van der Waals surface area (Å²) in [6.45, 7) is 4.93. The maximum absolute atomic E-state index is 12.6. The summed E-state index contributed by atoms with van der Waals surface area (Å²) in [5.41, 5.74) is 0. The predicted molar refractivity (Wildman–Crippen MR) is 412 cm³/mol. The van der Waals surface area contributed by atoms with Crippen molar-refractivity contribution in [3.8, 4) is 0 Å². The van der Waals surface area contributed by atoms with Gasteiger partial charge in [-0.05, 0) is 89.9 Å².